The minimum absolute atomic E-state index is 0.0926. The van der Waals surface area contributed by atoms with Gasteiger partial charge in [0.2, 0.25) is 5.91 Å². The molecule has 5 heteroatoms. The highest BCUT2D eigenvalue weighted by atomic mass is 16.5. The average molecular weight is 243 g/mol. The molecule has 0 aromatic carbocycles. The standard InChI is InChI=1S/C12H25N3O2/c1-3-15(9-11-5-4-8-17-11)10(2)6-7-12(16)14-13/h10-11H,3-9,13H2,1-2H3,(H,14,16). The van der Waals surface area contributed by atoms with Gasteiger partial charge in [0.15, 0.2) is 0 Å². The smallest absolute Gasteiger partial charge is 0.233 e. The van der Waals surface area contributed by atoms with Crippen molar-refractivity contribution in [2.45, 2.75) is 51.7 Å². The Morgan fingerprint density at radius 3 is 2.94 bits per heavy atom. The highest BCUT2D eigenvalue weighted by molar-refractivity contribution is 5.75. The Bertz CT molecular complexity index is 230. The summed E-state index contributed by atoms with van der Waals surface area (Å²) in [7, 11) is 0. The van der Waals surface area contributed by atoms with Gasteiger partial charge in [0.25, 0.3) is 0 Å². The number of nitrogens with zero attached hydrogens (tertiary/aromatic N) is 1. The molecule has 1 amide bonds. The zero-order valence-corrected chi connectivity index (χ0v) is 10.9. The third kappa shape index (κ3) is 5.02. The third-order valence-corrected chi connectivity index (χ3v) is 3.44. The predicted octanol–water partition coefficient (Wildman–Crippen LogP) is 0.646. The van der Waals surface area contributed by atoms with Gasteiger partial charge in [-0.2, -0.15) is 0 Å². The van der Waals surface area contributed by atoms with E-state index in [2.05, 4.69) is 24.2 Å². The first-order chi connectivity index (χ1) is 8.17. The Morgan fingerprint density at radius 1 is 1.65 bits per heavy atom. The van der Waals surface area contributed by atoms with Gasteiger partial charge in [-0.3, -0.25) is 15.1 Å². The van der Waals surface area contributed by atoms with Crippen molar-refractivity contribution in [3.63, 3.8) is 0 Å². The molecule has 0 aliphatic carbocycles. The largest absolute Gasteiger partial charge is 0.377 e. The van der Waals surface area contributed by atoms with Gasteiger partial charge in [0.05, 0.1) is 6.10 Å². The second-order valence-electron chi connectivity index (χ2n) is 4.68. The fourth-order valence-corrected chi connectivity index (χ4v) is 2.27. The topological polar surface area (TPSA) is 67.6 Å². The summed E-state index contributed by atoms with van der Waals surface area (Å²) in [5.41, 5.74) is 2.17. The van der Waals surface area contributed by atoms with Gasteiger partial charge in [-0.1, -0.05) is 6.92 Å². The normalized spacial score (nSPS) is 21.8. The fourth-order valence-electron chi connectivity index (χ4n) is 2.27. The first-order valence-electron chi connectivity index (χ1n) is 6.52. The average Bonchev–Trinajstić information content (AvgIpc) is 2.85. The van der Waals surface area contributed by atoms with Crippen LogP contribution in [0.5, 0.6) is 0 Å². The number of carbonyl (C=O) groups is 1. The number of carbonyl (C=O) groups excluding carboxylic acids is 1. The molecular weight excluding hydrogens is 218 g/mol. The Labute approximate surface area is 104 Å². The molecule has 0 saturated carbocycles. The molecule has 3 N–H and O–H groups in total. The van der Waals surface area contributed by atoms with Gasteiger partial charge in [-0.15, -0.1) is 0 Å². The first-order valence-corrected chi connectivity index (χ1v) is 6.52. The van der Waals surface area contributed by atoms with Crippen molar-refractivity contribution in [1.29, 1.82) is 0 Å². The number of ether oxygens (including phenoxy) is 1. The zero-order valence-electron chi connectivity index (χ0n) is 10.9. The van der Waals surface area contributed by atoms with Crippen LogP contribution in [0.1, 0.15) is 39.5 Å². The van der Waals surface area contributed by atoms with E-state index in [9.17, 15) is 4.79 Å². The lowest BCUT2D eigenvalue weighted by Crippen LogP contribution is -2.40. The van der Waals surface area contributed by atoms with Crippen LogP contribution in [0.2, 0.25) is 0 Å². The van der Waals surface area contributed by atoms with Crippen LogP contribution in [0, 0.1) is 0 Å². The highest BCUT2D eigenvalue weighted by Gasteiger charge is 2.21. The SMILES string of the molecule is CCN(CC1CCCO1)C(C)CCC(=O)NN. The van der Waals surface area contributed by atoms with E-state index in [0.717, 1.165) is 32.5 Å². The summed E-state index contributed by atoms with van der Waals surface area (Å²) in [6.45, 7) is 7.16. The quantitative estimate of drug-likeness (QED) is 0.391. The van der Waals surface area contributed by atoms with Crippen molar-refractivity contribution in [3.8, 4) is 0 Å². The summed E-state index contributed by atoms with van der Waals surface area (Å²) < 4.78 is 5.64. The van der Waals surface area contributed by atoms with Gasteiger partial charge in [-0.05, 0) is 32.7 Å². The molecular formula is C12H25N3O2. The van der Waals surface area contributed by atoms with E-state index in [1.165, 1.54) is 6.42 Å². The van der Waals surface area contributed by atoms with Gasteiger partial charge in [0, 0.05) is 25.6 Å². The van der Waals surface area contributed by atoms with E-state index in [4.69, 9.17) is 10.6 Å². The van der Waals surface area contributed by atoms with Crippen LogP contribution < -0.4 is 11.3 Å². The van der Waals surface area contributed by atoms with Crippen molar-refractivity contribution < 1.29 is 9.53 Å². The lowest BCUT2D eigenvalue weighted by Gasteiger charge is -2.29. The molecule has 1 fully saturated rings. The van der Waals surface area contributed by atoms with Gasteiger partial charge in [0.1, 0.15) is 0 Å². The van der Waals surface area contributed by atoms with E-state index < -0.39 is 0 Å². The summed E-state index contributed by atoms with van der Waals surface area (Å²) in [4.78, 5) is 13.5. The number of hydrazine groups is 1. The molecule has 1 heterocycles. The van der Waals surface area contributed by atoms with E-state index in [1.54, 1.807) is 0 Å². The van der Waals surface area contributed by atoms with Gasteiger partial charge < -0.3 is 4.74 Å². The minimum atomic E-state index is -0.0926. The van der Waals surface area contributed by atoms with Crippen molar-refractivity contribution in [3.05, 3.63) is 0 Å². The van der Waals surface area contributed by atoms with Crippen LogP contribution in [-0.2, 0) is 9.53 Å². The molecule has 0 spiro atoms. The number of rotatable bonds is 7. The molecule has 2 unspecified atom stereocenters. The molecule has 0 aromatic heterocycles. The van der Waals surface area contributed by atoms with Gasteiger partial charge >= 0.3 is 0 Å². The summed E-state index contributed by atoms with van der Waals surface area (Å²) in [5, 5.41) is 0. The first kappa shape index (κ1) is 14.4. The fraction of sp³-hybridized carbons (Fsp3) is 0.917. The molecule has 1 aliphatic rings. The monoisotopic (exact) mass is 243 g/mol. The molecule has 0 aromatic rings. The molecule has 1 rings (SSSR count). The Kier molecular flexibility index (Phi) is 6.47. The number of amides is 1. The molecule has 5 nitrogen and oxygen atoms in total. The van der Waals surface area contributed by atoms with Crippen LogP contribution in [0.4, 0.5) is 0 Å². The zero-order chi connectivity index (χ0) is 12.7. The number of nitrogens with two attached hydrogens (primary N) is 1. The Hall–Kier alpha value is -0.650. The summed E-state index contributed by atoms with van der Waals surface area (Å²) in [6.07, 6.45) is 4.03. The van der Waals surface area contributed by atoms with E-state index in [0.29, 0.717) is 18.6 Å². The maximum Gasteiger partial charge on any atom is 0.233 e. The molecule has 0 bridgehead atoms. The van der Waals surface area contributed by atoms with Crippen LogP contribution in [-0.4, -0.2) is 42.6 Å². The number of likely N-dealkylation sites (N-methyl/N-ethyl adjacent to an activating group) is 1. The summed E-state index contributed by atoms with van der Waals surface area (Å²) in [5.74, 6) is 4.97. The van der Waals surface area contributed by atoms with Crippen LogP contribution in [0.3, 0.4) is 0 Å². The van der Waals surface area contributed by atoms with Crippen molar-refractivity contribution in [2.75, 3.05) is 19.7 Å². The Balaban J connectivity index is 2.29. The van der Waals surface area contributed by atoms with Gasteiger partial charge in [-0.25, -0.2) is 5.84 Å². The maximum absolute atomic E-state index is 11.1. The lowest BCUT2D eigenvalue weighted by atomic mass is 10.1. The second kappa shape index (κ2) is 7.63. The summed E-state index contributed by atoms with van der Waals surface area (Å²) >= 11 is 0. The maximum atomic E-state index is 11.1. The van der Waals surface area contributed by atoms with Crippen LogP contribution in [0.15, 0.2) is 0 Å². The minimum Gasteiger partial charge on any atom is -0.377 e. The summed E-state index contributed by atoms with van der Waals surface area (Å²) in [6, 6.07) is 0.390. The van der Waals surface area contributed by atoms with E-state index in [-0.39, 0.29) is 5.91 Å². The van der Waals surface area contributed by atoms with E-state index >= 15 is 0 Å². The second-order valence-corrected chi connectivity index (χ2v) is 4.68. The highest BCUT2D eigenvalue weighted by Crippen LogP contribution is 2.16. The molecule has 1 saturated heterocycles. The van der Waals surface area contributed by atoms with Crippen molar-refractivity contribution >= 4 is 5.91 Å². The van der Waals surface area contributed by atoms with Crippen molar-refractivity contribution in [1.82, 2.24) is 10.3 Å². The van der Waals surface area contributed by atoms with Crippen LogP contribution in [0.25, 0.3) is 0 Å². The molecule has 1 aliphatic heterocycles. The number of hydrogen-bond acceptors (Lipinski definition) is 4. The number of hydrogen-bond donors (Lipinski definition) is 2. The molecule has 100 valence electrons. The van der Waals surface area contributed by atoms with E-state index in [1.807, 2.05) is 0 Å². The van der Waals surface area contributed by atoms with Crippen molar-refractivity contribution in [2.24, 2.45) is 5.84 Å². The third-order valence-electron chi connectivity index (χ3n) is 3.44. The number of nitrogens with one attached hydrogen (secondary N) is 1. The predicted molar refractivity (Wildman–Crippen MR) is 67.2 cm³/mol. The Morgan fingerprint density at radius 2 is 2.41 bits per heavy atom. The van der Waals surface area contributed by atoms with Crippen LogP contribution >= 0.6 is 0 Å². The molecule has 17 heavy (non-hydrogen) atoms. The molecule has 2 atom stereocenters. The lowest BCUT2D eigenvalue weighted by molar-refractivity contribution is -0.121. The molecule has 0 radical (unpaired) electrons.